The monoisotopic (exact) mass is 287 g/mol. The zero-order valence-electron chi connectivity index (χ0n) is 8.38. The molecule has 0 atom stereocenters. The number of hydrogen-bond acceptors (Lipinski definition) is 3. The van der Waals surface area contributed by atoms with Crippen LogP contribution in [0.25, 0.3) is 11.1 Å². The van der Waals surface area contributed by atoms with Crippen molar-refractivity contribution in [2.24, 2.45) is 0 Å². The maximum Gasteiger partial charge on any atom is 0.261 e. The van der Waals surface area contributed by atoms with Gasteiger partial charge in [-0.05, 0) is 24.4 Å². The Kier molecular flexibility index (Phi) is 3.24. The summed E-state index contributed by atoms with van der Waals surface area (Å²) in [5.74, 6) is 0.169. The third-order valence-corrected chi connectivity index (χ3v) is 2.92. The van der Waals surface area contributed by atoms with Crippen molar-refractivity contribution in [1.82, 2.24) is 9.97 Å². The van der Waals surface area contributed by atoms with Gasteiger partial charge < -0.3 is 10.7 Å². The van der Waals surface area contributed by atoms with Crippen molar-refractivity contribution >= 4 is 41.2 Å². The molecule has 0 amide bonds. The molecule has 88 valence electrons. The molecule has 2 aromatic rings. The number of hydrogen-bond donors (Lipinski definition) is 3. The summed E-state index contributed by atoms with van der Waals surface area (Å²) in [5, 5.41) is 0.831. The van der Waals surface area contributed by atoms with Crippen molar-refractivity contribution in [1.29, 1.82) is 0 Å². The zero-order valence-corrected chi connectivity index (χ0v) is 10.7. The third kappa shape index (κ3) is 2.36. The maximum atomic E-state index is 11.8. The number of anilines is 1. The van der Waals surface area contributed by atoms with Gasteiger partial charge in [-0.15, -0.1) is 0 Å². The molecule has 0 saturated heterocycles. The minimum absolute atomic E-state index is 0.168. The van der Waals surface area contributed by atoms with Gasteiger partial charge in [0.1, 0.15) is 5.82 Å². The maximum absolute atomic E-state index is 11.8. The number of halogens is 2. The lowest BCUT2D eigenvalue weighted by molar-refractivity contribution is 1.10. The van der Waals surface area contributed by atoms with Crippen molar-refractivity contribution in [2.75, 3.05) is 5.73 Å². The van der Waals surface area contributed by atoms with Gasteiger partial charge >= 0.3 is 0 Å². The Hall–Kier alpha value is -1.30. The van der Waals surface area contributed by atoms with Crippen molar-refractivity contribution in [2.45, 2.75) is 0 Å². The van der Waals surface area contributed by atoms with Gasteiger partial charge in [-0.3, -0.25) is 9.78 Å². The summed E-state index contributed by atoms with van der Waals surface area (Å²) in [6, 6.07) is 4.80. The lowest BCUT2D eigenvalue weighted by atomic mass is 10.1. The number of H-pyrrole nitrogens is 2. The largest absolute Gasteiger partial charge is 0.385 e. The fraction of sp³-hybridized carbons (Fsp3) is 0. The summed E-state index contributed by atoms with van der Waals surface area (Å²) in [6.07, 6.45) is 0. The van der Waals surface area contributed by atoms with Crippen LogP contribution in [0.4, 0.5) is 5.82 Å². The SMILES string of the molecule is Nc1[nH]c(=S)[nH]c(=O)c1-c1ccc(Cl)cc1Cl. The summed E-state index contributed by atoms with van der Waals surface area (Å²) in [6.45, 7) is 0. The Morgan fingerprint density at radius 1 is 1.24 bits per heavy atom. The van der Waals surface area contributed by atoms with E-state index in [0.29, 0.717) is 15.6 Å². The van der Waals surface area contributed by atoms with E-state index in [1.165, 1.54) is 0 Å². The van der Waals surface area contributed by atoms with E-state index >= 15 is 0 Å². The van der Waals surface area contributed by atoms with Crippen LogP contribution in [0.15, 0.2) is 23.0 Å². The Labute approximate surface area is 111 Å². The van der Waals surface area contributed by atoms with Crippen LogP contribution in [0.3, 0.4) is 0 Å². The highest BCUT2D eigenvalue weighted by Crippen LogP contribution is 2.30. The molecule has 0 aliphatic rings. The summed E-state index contributed by atoms with van der Waals surface area (Å²) in [7, 11) is 0. The number of rotatable bonds is 1. The first-order valence-electron chi connectivity index (χ1n) is 4.56. The van der Waals surface area contributed by atoms with Crippen LogP contribution in [-0.2, 0) is 0 Å². The van der Waals surface area contributed by atoms with Gasteiger partial charge in [-0.1, -0.05) is 29.3 Å². The standard InChI is InChI=1S/C10H7Cl2N3OS/c11-4-1-2-5(6(12)3-4)7-8(13)14-10(17)15-9(7)16/h1-3H,(H4,13,14,15,16,17). The summed E-state index contributed by atoms with van der Waals surface area (Å²) in [5.41, 5.74) is 6.09. The minimum atomic E-state index is -0.393. The van der Waals surface area contributed by atoms with Gasteiger partial charge in [0.2, 0.25) is 0 Å². The molecule has 0 unspecified atom stereocenters. The molecule has 0 aliphatic heterocycles. The van der Waals surface area contributed by atoms with E-state index in [-0.39, 0.29) is 16.2 Å². The average molecular weight is 288 g/mol. The first-order chi connectivity index (χ1) is 7.99. The topological polar surface area (TPSA) is 74.7 Å². The Morgan fingerprint density at radius 2 is 1.94 bits per heavy atom. The van der Waals surface area contributed by atoms with Gasteiger partial charge in [0.05, 0.1) is 10.6 Å². The molecular weight excluding hydrogens is 281 g/mol. The second kappa shape index (κ2) is 4.52. The Morgan fingerprint density at radius 3 is 2.53 bits per heavy atom. The van der Waals surface area contributed by atoms with Gasteiger partial charge in [-0.2, -0.15) is 0 Å². The predicted octanol–water partition coefficient (Wildman–Crippen LogP) is 2.99. The molecular formula is C10H7Cl2N3OS. The number of nitrogens with two attached hydrogens (primary N) is 1. The van der Waals surface area contributed by atoms with E-state index in [1.807, 2.05) is 0 Å². The smallest absolute Gasteiger partial charge is 0.261 e. The van der Waals surface area contributed by atoms with E-state index in [2.05, 4.69) is 9.97 Å². The highest BCUT2D eigenvalue weighted by Gasteiger charge is 2.12. The molecule has 4 N–H and O–H groups in total. The Bertz CT molecular complexity index is 693. The normalized spacial score (nSPS) is 10.5. The van der Waals surface area contributed by atoms with E-state index in [1.54, 1.807) is 18.2 Å². The van der Waals surface area contributed by atoms with Gasteiger partial charge in [0, 0.05) is 10.6 Å². The molecule has 2 rings (SSSR count). The molecule has 1 aromatic heterocycles. The number of nitrogen functional groups attached to an aromatic ring is 1. The Balaban J connectivity index is 2.77. The number of nitrogens with one attached hydrogen (secondary N) is 2. The van der Waals surface area contributed by atoms with Crippen molar-refractivity contribution in [3.63, 3.8) is 0 Å². The molecule has 1 aromatic carbocycles. The van der Waals surface area contributed by atoms with E-state index < -0.39 is 5.56 Å². The fourth-order valence-electron chi connectivity index (χ4n) is 1.46. The lowest BCUT2D eigenvalue weighted by Crippen LogP contribution is -2.14. The first kappa shape index (κ1) is 12.2. The minimum Gasteiger partial charge on any atom is -0.385 e. The molecule has 0 radical (unpaired) electrons. The molecule has 0 aliphatic carbocycles. The summed E-state index contributed by atoms with van der Waals surface area (Å²) >= 11 is 16.6. The second-order valence-corrected chi connectivity index (χ2v) is 4.57. The van der Waals surface area contributed by atoms with Crippen molar-refractivity contribution in [3.05, 3.63) is 43.4 Å². The zero-order chi connectivity index (χ0) is 12.6. The van der Waals surface area contributed by atoms with Gasteiger partial charge in [0.15, 0.2) is 4.77 Å². The van der Waals surface area contributed by atoms with Crippen LogP contribution in [0.2, 0.25) is 10.0 Å². The number of aromatic nitrogens is 2. The molecule has 7 heteroatoms. The highest BCUT2D eigenvalue weighted by molar-refractivity contribution is 7.71. The molecule has 0 fully saturated rings. The van der Waals surface area contributed by atoms with E-state index in [9.17, 15) is 4.79 Å². The second-order valence-electron chi connectivity index (χ2n) is 3.32. The highest BCUT2D eigenvalue weighted by atomic mass is 35.5. The van der Waals surface area contributed by atoms with Crippen LogP contribution in [-0.4, -0.2) is 9.97 Å². The summed E-state index contributed by atoms with van der Waals surface area (Å²) in [4.78, 5) is 16.9. The molecule has 0 spiro atoms. The molecule has 0 saturated carbocycles. The predicted molar refractivity (Wildman–Crippen MR) is 72.1 cm³/mol. The number of benzene rings is 1. The average Bonchev–Trinajstić information content (AvgIpc) is 2.19. The number of aromatic amines is 2. The quantitative estimate of drug-likeness (QED) is 0.706. The van der Waals surface area contributed by atoms with Crippen LogP contribution >= 0.6 is 35.4 Å². The molecule has 1 heterocycles. The lowest BCUT2D eigenvalue weighted by Gasteiger charge is -2.06. The first-order valence-corrected chi connectivity index (χ1v) is 5.73. The van der Waals surface area contributed by atoms with E-state index in [4.69, 9.17) is 41.2 Å². The van der Waals surface area contributed by atoms with E-state index in [0.717, 1.165) is 0 Å². The third-order valence-electron chi connectivity index (χ3n) is 2.17. The van der Waals surface area contributed by atoms with Crippen LogP contribution in [0, 0.1) is 4.77 Å². The molecule has 17 heavy (non-hydrogen) atoms. The van der Waals surface area contributed by atoms with Crippen LogP contribution in [0.1, 0.15) is 0 Å². The van der Waals surface area contributed by atoms with Crippen LogP contribution < -0.4 is 11.3 Å². The summed E-state index contributed by atoms with van der Waals surface area (Å²) < 4.78 is 0.168. The molecule has 4 nitrogen and oxygen atoms in total. The van der Waals surface area contributed by atoms with Crippen LogP contribution in [0.5, 0.6) is 0 Å². The van der Waals surface area contributed by atoms with Gasteiger partial charge in [0.25, 0.3) is 5.56 Å². The van der Waals surface area contributed by atoms with Crippen molar-refractivity contribution in [3.8, 4) is 11.1 Å². The van der Waals surface area contributed by atoms with Gasteiger partial charge in [-0.25, -0.2) is 0 Å². The molecule has 0 bridgehead atoms. The fourth-order valence-corrected chi connectivity index (χ4v) is 2.17. The van der Waals surface area contributed by atoms with Crippen molar-refractivity contribution < 1.29 is 0 Å².